The van der Waals surface area contributed by atoms with Crippen LogP contribution in [0.2, 0.25) is 0 Å². The Morgan fingerprint density at radius 1 is 1.25 bits per heavy atom. The van der Waals surface area contributed by atoms with Crippen molar-refractivity contribution in [1.29, 1.82) is 0 Å². The molecule has 11 nitrogen and oxygen atoms in total. The second kappa shape index (κ2) is 10.5. The van der Waals surface area contributed by atoms with E-state index >= 15 is 0 Å². The van der Waals surface area contributed by atoms with Gasteiger partial charge < -0.3 is 24.7 Å². The largest absolute Gasteiger partial charge is 0.511 e. The minimum atomic E-state index is -1.06. The maximum atomic E-state index is 11.9. The van der Waals surface area contributed by atoms with Gasteiger partial charge >= 0.3 is 12.1 Å². The zero-order chi connectivity index (χ0) is 20.5. The smallest absolute Gasteiger partial charge is 0.431 e. The Balaban J connectivity index is 1.62. The van der Waals surface area contributed by atoms with Gasteiger partial charge in [0.25, 0.3) is 5.91 Å². The maximum absolute atomic E-state index is 11.9. The Hall–Kier alpha value is -2.85. The zero-order valence-electron chi connectivity index (χ0n) is 16.0. The molecular weight excluding hydrogens is 372 g/mol. The summed E-state index contributed by atoms with van der Waals surface area (Å²) in [5, 5.41) is 18.3. The van der Waals surface area contributed by atoms with Crippen molar-refractivity contribution in [2.24, 2.45) is 0 Å². The van der Waals surface area contributed by atoms with Crippen LogP contribution in [-0.2, 0) is 19.0 Å². The number of nitrogens with one attached hydrogen (secondary N) is 1. The molecule has 1 aromatic rings. The van der Waals surface area contributed by atoms with Crippen LogP contribution in [0.5, 0.6) is 0 Å². The quantitative estimate of drug-likeness (QED) is 0.380. The molecule has 1 aromatic heterocycles. The summed E-state index contributed by atoms with van der Waals surface area (Å²) in [5.74, 6) is -1.09. The van der Waals surface area contributed by atoms with Crippen LogP contribution in [0.15, 0.2) is 6.20 Å². The van der Waals surface area contributed by atoms with Crippen LogP contribution in [0, 0.1) is 0 Å². The number of nitrogens with zero attached hydrogens (tertiary/aromatic N) is 3. The summed E-state index contributed by atoms with van der Waals surface area (Å²) in [7, 11) is 0. The van der Waals surface area contributed by atoms with E-state index in [0.29, 0.717) is 11.3 Å². The number of amides is 1. The van der Waals surface area contributed by atoms with Gasteiger partial charge in [-0.1, -0.05) is 11.3 Å². The fraction of sp³-hybridized carbons (Fsp3) is 0.706. The summed E-state index contributed by atoms with van der Waals surface area (Å²) in [4.78, 5) is 35.9. The van der Waals surface area contributed by atoms with E-state index in [2.05, 4.69) is 15.6 Å². The molecule has 2 rings (SSSR count). The first kappa shape index (κ1) is 21.5. The highest BCUT2D eigenvalue weighted by Gasteiger charge is 2.22. The van der Waals surface area contributed by atoms with Crippen molar-refractivity contribution in [1.82, 2.24) is 20.5 Å². The molecule has 28 heavy (non-hydrogen) atoms. The lowest BCUT2D eigenvalue weighted by Crippen LogP contribution is -2.33. The molecule has 0 aliphatic heterocycles. The van der Waals surface area contributed by atoms with Gasteiger partial charge in [0.15, 0.2) is 5.69 Å². The molecule has 2 N–H and O–H groups in total. The van der Waals surface area contributed by atoms with Crippen LogP contribution in [0.1, 0.15) is 69.3 Å². The lowest BCUT2D eigenvalue weighted by Gasteiger charge is -2.22. The summed E-state index contributed by atoms with van der Waals surface area (Å²) in [6.45, 7) is 3.14. The van der Waals surface area contributed by atoms with Gasteiger partial charge in [0.05, 0.1) is 6.20 Å². The molecule has 2 unspecified atom stereocenters. The van der Waals surface area contributed by atoms with Crippen molar-refractivity contribution in [2.75, 3.05) is 0 Å². The second-order valence-corrected chi connectivity index (χ2v) is 6.74. The molecule has 1 amide bonds. The van der Waals surface area contributed by atoms with E-state index in [1.54, 1.807) is 6.92 Å². The van der Waals surface area contributed by atoms with Crippen LogP contribution in [-0.4, -0.2) is 56.8 Å². The van der Waals surface area contributed by atoms with E-state index in [1.165, 1.54) is 6.92 Å². The van der Waals surface area contributed by atoms with Gasteiger partial charge in [0, 0.05) is 19.4 Å². The molecule has 1 fully saturated rings. The number of esters is 1. The van der Waals surface area contributed by atoms with Crippen molar-refractivity contribution in [3.63, 3.8) is 0 Å². The van der Waals surface area contributed by atoms with Crippen LogP contribution in [0.4, 0.5) is 4.79 Å². The van der Waals surface area contributed by atoms with Crippen molar-refractivity contribution < 1.29 is 33.8 Å². The minimum Gasteiger partial charge on any atom is -0.431 e. The number of carbonyl (C=O) groups is 3. The molecule has 1 aliphatic carbocycles. The molecule has 11 heteroatoms. The predicted octanol–water partition coefficient (Wildman–Crippen LogP) is 1.79. The number of hydrogen-bond acceptors (Lipinski definition) is 9. The fourth-order valence-electron chi connectivity index (χ4n) is 2.81. The third-order valence-electron chi connectivity index (χ3n) is 4.25. The fourth-order valence-corrected chi connectivity index (χ4v) is 2.81. The monoisotopic (exact) mass is 398 g/mol. The van der Waals surface area contributed by atoms with Crippen LogP contribution in [0.25, 0.3) is 0 Å². The van der Waals surface area contributed by atoms with E-state index < -0.39 is 24.3 Å². The molecule has 156 valence electrons. The Morgan fingerprint density at radius 2 is 1.96 bits per heavy atom. The highest BCUT2D eigenvalue weighted by atomic mass is 16.8. The van der Waals surface area contributed by atoms with Crippen LogP contribution in [0.3, 0.4) is 0 Å². The van der Waals surface area contributed by atoms with Crippen LogP contribution >= 0.6 is 0 Å². The zero-order valence-corrected chi connectivity index (χ0v) is 16.0. The van der Waals surface area contributed by atoms with Crippen molar-refractivity contribution in [3.05, 3.63) is 11.9 Å². The molecule has 0 radical (unpaired) electrons. The highest BCUT2D eigenvalue weighted by molar-refractivity contribution is 5.92. The first-order chi connectivity index (χ1) is 13.3. The third kappa shape index (κ3) is 7.41. The predicted molar refractivity (Wildman–Crippen MR) is 93.4 cm³/mol. The molecular formula is C17H26N4O7. The molecule has 0 spiro atoms. The normalized spacial score (nSPS) is 16.6. The summed E-state index contributed by atoms with van der Waals surface area (Å²) in [5.41, 5.74) is -0.0459. The summed E-state index contributed by atoms with van der Waals surface area (Å²) in [6, 6.07) is -0.351. The summed E-state index contributed by atoms with van der Waals surface area (Å²) < 4.78 is 15.2. The SMILES string of the molecule is CC(CCC(=O)OC(C)OC(=O)OC1CCCCC1)NC(=O)c1cn(O)nn1. The average molecular weight is 398 g/mol. The molecule has 0 bridgehead atoms. The molecule has 1 heterocycles. The van der Waals surface area contributed by atoms with Gasteiger partial charge in [-0.25, -0.2) is 4.79 Å². The number of aromatic nitrogens is 3. The van der Waals surface area contributed by atoms with Crippen molar-refractivity contribution >= 4 is 18.0 Å². The first-order valence-corrected chi connectivity index (χ1v) is 9.32. The Morgan fingerprint density at radius 3 is 2.61 bits per heavy atom. The summed E-state index contributed by atoms with van der Waals surface area (Å²) >= 11 is 0. The van der Waals surface area contributed by atoms with Gasteiger partial charge in [-0.15, -0.1) is 5.10 Å². The number of hydrogen-bond donors (Lipinski definition) is 2. The standard InChI is InChI=1S/C17H26N4O7/c1-11(18-16(23)14-10-21(25)20-19-14)8-9-15(22)26-12(2)27-17(24)28-13-6-4-3-5-7-13/h10-13,25H,3-9H2,1-2H3,(H,18,23). The number of rotatable bonds is 8. The van der Waals surface area contributed by atoms with Gasteiger partial charge in [0.2, 0.25) is 6.29 Å². The lowest BCUT2D eigenvalue weighted by atomic mass is 9.98. The van der Waals surface area contributed by atoms with E-state index in [1.807, 2.05) is 0 Å². The Labute approximate surface area is 162 Å². The third-order valence-corrected chi connectivity index (χ3v) is 4.25. The first-order valence-electron chi connectivity index (χ1n) is 9.32. The average Bonchev–Trinajstić information content (AvgIpc) is 3.07. The summed E-state index contributed by atoms with van der Waals surface area (Å²) in [6.07, 6.45) is 4.16. The molecule has 1 saturated carbocycles. The minimum absolute atomic E-state index is 0.0134. The molecule has 0 aromatic carbocycles. The second-order valence-electron chi connectivity index (χ2n) is 6.74. The van der Waals surface area contributed by atoms with Gasteiger partial charge in [-0.05, 0) is 44.2 Å². The number of carbonyl (C=O) groups excluding carboxylic acids is 3. The van der Waals surface area contributed by atoms with E-state index in [9.17, 15) is 14.4 Å². The molecule has 0 saturated heterocycles. The van der Waals surface area contributed by atoms with Crippen molar-refractivity contribution in [2.45, 2.75) is 77.2 Å². The van der Waals surface area contributed by atoms with E-state index in [0.717, 1.165) is 38.3 Å². The van der Waals surface area contributed by atoms with Gasteiger partial charge in [0.1, 0.15) is 6.10 Å². The lowest BCUT2D eigenvalue weighted by molar-refractivity contribution is -0.169. The highest BCUT2D eigenvalue weighted by Crippen LogP contribution is 2.20. The van der Waals surface area contributed by atoms with Crippen molar-refractivity contribution in [3.8, 4) is 0 Å². The molecule has 1 aliphatic rings. The molecule has 2 atom stereocenters. The Bertz CT molecular complexity index is 672. The van der Waals surface area contributed by atoms with Gasteiger partial charge in [-0.3, -0.25) is 9.59 Å². The Kier molecular flexibility index (Phi) is 8.02. The van der Waals surface area contributed by atoms with E-state index in [4.69, 9.17) is 19.4 Å². The van der Waals surface area contributed by atoms with Crippen LogP contribution < -0.4 is 5.32 Å². The topological polar surface area (TPSA) is 142 Å². The number of ether oxygens (including phenoxy) is 3. The maximum Gasteiger partial charge on any atom is 0.511 e. The van der Waals surface area contributed by atoms with Gasteiger partial charge in [-0.2, -0.15) is 0 Å². The van der Waals surface area contributed by atoms with E-state index in [-0.39, 0.29) is 24.3 Å².